The van der Waals surface area contributed by atoms with Crippen LogP contribution in [0.5, 0.6) is 0 Å². The Kier molecular flexibility index (Phi) is 6.16. The van der Waals surface area contributed by atoms with Crippen molar-refractivity contribution in [3.8, 4) is 0 Å². The van der Waals surface area contributed by atoms with Gasteiger partial charge in [0.1, 0.15) is 5.54 Å². The van der Waals surface area contributed by atoms with Gasteiger partial charge < -0.3 is 25.0 Å². The van der Waals surface area contributed by atoms with E-state index in [4.69, 9.17) is 9.72 Å². The van der Waals surface area contributed by atoms with E-state index in [-0.39, 0.29) is 18.9 Å². The van der Waals surface area contributed by atoms with Gasteiger partial charge in [0.05, 0.1) is 19.3 Å². The van der Waals surface area contributed by atoms with Crippen LogP contribution in [0.4, 0.5) is 28.8 Å². The maximum atomic E-state index is 13.5. The summed E-state index contributed by atoms with van der Waals surface area (Å²) in [6.07, 6.45) is 3.55. The lowest BCUT2D eigenvalue weighted by molar-refractivity contribution is -0.120. The Morgan fingerprint density at radius 3 is 2.76 bits per heavy atom. The summed E-state index contributed by atoms with van der Waals surface area (Å²) in [6.45, 7) is 6.36. The van der Waals surface area contributed by atoms with E-state index < -0.39 is 11.6 Å². The molecule has 4 N–H and O–H groups in total. The molecule has 3 aromatic rings. The summed E-state index contributed by atoms with van der Waals surface area (Å²) < 4.78 is 5.50. The van der Waals surface area contributed by atoms with E-state index in [0.29, 0.717) is 61.0 Å². The second-order valence-corrected chi connectivity index (χ2v) is 11.2. The van der Waals surface area contributed by atoms with E-state index in [2.05, 4.69) is 35.8 Å². The van der Waals surface area contributed by atoms with Gasteiger partial charge in [-0.1, -0.05) is 0 Å². The molecule has 5 heterocycles. The number of H-pyrrole nitrogens is 1. The number of nitrogens with one attached hydrogen (secondary N) is 3. The second-order valence-electron chi connectivity index (χ2n) is 9.94. The third-order valence-corrected chi connectivity index (χ3v) is 7.78. The molecule has 1 aliphatic carbocycles. The first-order valence-corrected chi connectivity index (χ1v) is 13.3. The summed E-state index contributed by atoms with van der Waals surface area (Å²) in [5.74, 6) is 1.98. The molecule has 2 saturated heterocycles. The van der Waals surface area contributed by atoms with Gasteiger partial charge in [0, 0.05) is 54.8 Å². The third kappa shape index (κ3) is 4.95. The first-order chi connectivity index (χ1) is 17.9. The van der Waals surface area contributed by atoms with E-state index in [1.165, 1.54) is 11.3 Å². The molecule has 2 aliphatic heterocycles. The quantitative estimate of drug-likeness (QED) is 0.356. The number of anilines is 5. The Labute approximate surface area is 217 Å². The topological polar surface area (TPSA) is 157 Å². The summed E-state index contributed by atoms with van der Waals surface area (Å²) in [6, 6.07) is 1.97. The van der Waals surface area contributed by atoms with Gasteiger partial charge in [0.2, 0.25) is 17.8 Å². The van der Waals surface area contributed by atoms with Crippen molar-refractivity contribution >= 4 is 46.0 Å². The summed E-state index contributed by atoms with van der Waals surface area (Å²) >= 11 is 1.40. The van der Waals surface area contributed by atoms with E-state index in [1.807, 2.05) is 17.9 Å². The minimum atomic E-state index is -1.09. The fourth-order valence-electron chi connectivity index (χ4n) is 4.76. The third-order valence-electron chi connectivity index (χ3n) is 6.95. The van der Waals surface area contributed by atoms with E-state index in [0.717, 1.165) is 23.4 Å². The van der Waals surface area contributed by atoms with Crippen LogP contribution in [0, 0.1) is 6.92 Å². The van der Waals surface area contributed by atoms with Crippen molar-refractivity contribution < 1.29 is 14.6 Å². The Balaban J connectivity index is 1.33. The molecule has 37 heavy (non-hydrogen) atoms. The van der Waals surface area contributed by atoms with Crippen molar-refractivity contribution in [2.45, 2.75) is 50.7 Å². The predicted octanol–water partition coefficient (Wildman–Crippen LogP) is 1.79. The molecular weight excluding hydrogens is 496 g/mol. The minimum absolute atomic E-state index is 0.209. The molecule has 3 fully saturated rings. The van der Waals surface area contributed by atoms with Crippen molar-refractivity contribution in [3.05, 3.63) is 22.8 Å². The fourth-order valence-corrected chi connectivity index (χ4v) is 5.42. The molecule has 3 aromatic heterocycles. The zero-order chi connectivity index (χ0) is 25.6. The summed E-state index contributed by atoms with van der Waals surface area (Å²) in [4.78, 5) is 36.6. The molecule has 1 amide bonds. The highest BCUT2D eigenvalue weighted by atomic mass is 32.1. The highest BCUT2D eigenvalue weighted by Crippen LogP contribution is 2.40. The molecule has 0 unspecified atom stereocenters. The van der Waals surface area contributed by atoms with Crippen LogP contribution < -0.4 is 20.4 Å². The van der Waals surface area contributed by atoms with Gasteiger partial charge in [-0.15, -0.1) is 11.3 Å². The number of rotatable bonds is 7. The number of aromatic amines is 1. The second kappa shape index (κ2) is 9.50. The van der Waals surface area contributed by atoms with Crippen molar-refractivity contribution in [3.63, 3.8) is 0 Å². The van der Waals surface area contributed by atoms with Crippen LogP contribution in [0.25, 0.3) is 0 Å². The van der Waals surface area contributed by atoms with Gasteiger partial charge in [0.25, 0.3) is 5.91 Å². The Morgan fingerprint density at radius 1 is 1.24 bits per heavy atom. The molecular formula is C23H30N10O3S. The van der Waals surface area contributed by atoms with Crippen LogP contribution in [0.1, 0.15) is 42.7 Å². The molecule has 0 aromatic carbocycles. The van der Waals surface area contributed by atoms with Crippen molar-refractivity contribution in [1.29, 1.82) is 0 Å². The number of carbonyl (C=O) groups excluding carboxylic acids is 1. The Hall–Kier alpha value is -3.36. The zero-order valence-electron chi connectivity index (χ0n) is 20.8. The number of carbonyl (C=O) groups is 1. The number of aliphatic hydroxyl groups excluding tert-OH is 1. The lowest BCUT2D eigenvalue weighted by atomic mass is 9.97. The maximum Gasteiger partial charge on any atom is 0.251 e. The number of hydrogen-bond acceptors (Lipinski definition) is 12. The van der Waals surface area contributed by atoms with Crippen LogP contribution in [0.15, 0.2) is 12.3 Å². The molecule has 3 aliphatic rings. The van der Waals surface area contributed by atoms with Crippen LogP contribution in [0.3, 0.4) is 0 Å². The number of hydrogen-bond donors (Lipinski definition) is 4. The van der Waals surface area contributed by atoms with Crippen LogP contribution in [0.2, 0.25) is 0 Å². The van der Waals surface area contributed by atoms with Gasteiger partial charge in [-0.3, -0.25) is 15.2 Å². The number of β-amino-alcohol motifs (C(OH)–C–C–N with tert-alkyl or cyclic N) is 1. The molecule has 13 nitrogen and oxygen atoms in total. The predicted molar refractivity (Wildman–Crippen MR) is 139 cm³/mol. The zero-order valence-corrected chi connectivity index (χ0v) is 21.6. The average Bonchev–Trinajstić information content (AvgIpc) is 3.36. The number of thiazole rings is 1. The number of nitrogens with zero attached hydrogens (tertiary/aromatic N) is 7. The van der Waals surface area contributed by atoms with Gasteiger partial charge in [-0.25, -0.2) is 4.98 Å². The van der Waals surface area contributed by atoms with Crippen molar-refractivity contribution in [1.82, 2.24) is 30.1 Å². The number of aryl methyl sites for hydroxylation is 1. The molecule has 1 saturated carbocycles. The first-order valence-electron chi connectivity index (χ1n) is 12.5. The Morgan fingerprint density at radius 2 is 2.03 bits per heavy atom. The normalized spacial score (nSPS) is 23.9. The lowest BCUT2D eigenvalue weighted by Crippen LogP contribution is -2.52. The SMILES string of the molecule is Cc1cnc(NC(=O)[C@]2(C)C[C@H](O)CN2c2nc(Nc3cc(C4CC4)[nH]n3)nc(N3CCOCC3)n2)s1. The summed E-state index contributed by atoms with van der Waals surface area (Å²) in [5, 5.41) is 24.7. The number of amides is 1. The van der Waals surface area contributed by atoms with E-state index in [9.17, 15) is 9.90 Å². The smallest absolute Gasteiger partial charge is 0.251 e. The van der Waals surface area contributed by atoms with Crippen molar-refractivity contribution in [2.75, 3.05) is 53.3 Å². The van der Waals surface area contributed by atoms with E-state index in [1.54, 1.807) is 18.0 Å². The summed E-state index contributed by atoms with van der Waals surface area (Å²) in [7, 11) is 0. The molecule has 14 heteroatoms. The first kappa shape index (κ1) is 24.0. The number of morpholine rings is 1. The average molecular weight is 527 g/mol. The number of aromatic nitrogens is 6. The highest BCUT2D eigenvalue weighted by molar-refractivity contribution is 7.15. The largest absolute Gasteiger partial charge is 0.391 e. The number of aliphatic hydroxyl groups is 1. The highest BCUT2D eigenvalue weighted by Gasteiger charge is 2.49. The maximum absolute atomic E-state index is 13.5. The molecule has 0 spiro atoms. The number of ether oxygens (including phenoxy) is 1. The lowest BCUT2D eigenvalue weighted by Gasteiger charge is -2.34. The van der Waals surface area contributed by atoms with Crippen LogP contribution in [-0.2, 0) is 9.53 Å². The van der Waals surface area contributed by atoms with Crippen molar-refractivity contribution in [2.24, 2.45) is 0 Å². The Bertz CT molecular complexity index is 1290. The van der Waals surface area contributed by atoms with Gasteiger partial charge >= 0.3 is 0 Å². The molecule has 2 atom stereocenters. The molecule has 6 rings (SSSR count). The monoisotopic (exact) mass is 526 g/mol. The standard InChI is InChI=1S/C23H30N10O3S/c1-13-11-24-22(37-13)26-18(35)23(2)10-15(34)12-33(23)21-28-19(25-17-9-16(30-31-17)14-3-4-14)27-20(29-21)32-5-7-36-8-6-32/h9,11,14-15,34H,3-8,10,12H2,1-2H3,(H,24,26,35)(H2,25,27,28,29,30,31)/t15-,23-/m0/s1. The fraction of sp³-hybridized carbons (Fsp3) is 0.565. The van der Waals surface area contributed by atoms with E-state index >= 15 is 0 Å². The molecule has 0 bridgehead atoms. The van der Waals surface area contributed by atoms with Gasteiger partial charge in [0.15, 0.2) is 10.9 Å². The molecule has 196 valence electrons. The van der Waals surface area contributed by atoms with Gasteiger partial charge in [-0.05, 0) is 26.7 Å². The van der Waals surface area contributed by atoms with Gasteiger partial charge in [-0.2, -0.15) is 20.1 Å². The van der Waals surface area contributed by atoms with Crippen LogP contribution in [-0.4, -0.2) is 85.6 Å². The minimum Gasteiger partial charge on any atom is -0.391 e. The molecule has 0 radical (unpaired) electrons. The van der Waals surface area contributed by atoms with Crippen LogP contribution >= 0.6 is 11.3 Å². The summed E-state index contributed by atoms with van der Waals surface area (Å²) in [5.41, 5.74) is 0.000252.